The van der Waals surface area contributed by atoms with Gasteiger partial charge in [0.25, 0.3) is 0 Å². The Morgan fingerprint density at radius 1 is 0.923 bits per heavy atom. The van der Waals surface area contributed by atoms with Crippen LogP contribution in [0.2, 0.25) is 0 Å². The molecule has 2 N–H and O–H groups in total. The van der Waals surface area contributed by atoms with Crippen LogP contribution in [0.15, 0.2) is 72.0 Å². The Kier molecular flexibility index (Phi) is 5.38. The Bertz CT molecular complexity index is 880. The molecule has 1 heterocycles. The molecular formula is C19H15F2N3O2. The van der Waals surface area contributed by atoms with Gasteiger partial charge in [0.05, 0.1) is 0 Å². The molecule has 0 saturated heterocycles. The van der Waals surface area contributed by atoms with E-state index in [-0.39, 0.29) is 24.1 Å². The number of aromatic nitrogens is 1. The third-order valence-corrected chi connectivity index (χ3v) is 3.38. The molecule has 3 rings (SSSR count). The van der Waals surface area contributed by atoms with E-state index in [0.717, 1.165) is 5.56 Å². The van der Waals surface area contributed by atoms with E-state index in [4.69, 9.17) is 15.3 Å². The van der Waals surface area contributed by atoms with Gasteiger partial charge >= 0.3 is 0 Å². The molecule has 0 aliphatic carbocycles. The SMILES string of the molecule is NC(=NOCc1ccc(F)cc1)c1ccc(Oc2ccc(F)cc2)nc1. The van der Waals surface area contributed by atoms with Crippen molar-refractivity contribution >= 4 is 5.84 Å². The van der Waals surface area contributed by atoms with Crippen molar-refractivity contribution in [2.75, 3.05) is 0 Å². The summed E-state index contributed by atoms with van der Waals surface area (Å²) in [5.41, 5.74) is 7.16. The van der Waals surface area contributed by atoms with E-state index < -0.39 is 0 Å². The minimum atomic E-state index is -0.342. The first kappa shape index (κ1) is 17.3. The van der Waals surface area contributed by atoms with Crippen molar-refractivity contribution in [1.82, 2.24) is 4.98 Å². The van der Waals surface area contributed by atoms with Gasteiger partial charge in [0.1, 0.15) is 24.0 Å². The number of ether oxygens (including phenoxy) is 1. The maximum atomic E-state index is 12.9. The van der Waals surface area contributed by atoms with Crippen molar-refractivity contribution in [3.63, 3.8) is 0 Å². The predicted molar refractivity (Wildman–Crippen MR) is 92.6 cm³/mol. The van der Waals surface area contributed by atoms with Crippen molar-refractivity contribution < 1.29 is 18.4 Å². The lowest BCUT2D eigenvalue weighted by Crippen LogP contribution is -2.14. The summed E-state index contributed by atoms with van der Waals surface area (Å²) >= 11 is 0. The van der Waals surface area contributed by atoms with Crippen LogP contribution in [0.3, 0.4) is 0 Å². The Morgan fingerprint density at radius 2 is 1.58 bits per heavy atom. The highest BCUT2D eigenvalue weighted by atomic mass is 19.1. The summed E-state index contributed by atoms with van der Waals surface area (Å²) in [5, 5.41) is 3.81. The number of hydrogen-bond donors (Lipinski definition) is 1. The molecule has 1 aromatic heterocycles. The number of amidine groups is 1. The number of pyridine rings is 1. The molecule has 0 aliphatic heterocycles. The molecule has 26 heavy (non-hydrogen) atoms. The van der Waals surface area contributed by atoms with E-state index in [1.165, 1.54) is 42.6 Å². The average Bonchev–Trinajstić information content (AvgIpc) is 2.66. The van der Waals surface area contributed by atoms with Crippen LogP contribution in [0.5, 0.6) is 11.6 Å². The van der Waals surface area contributed by atoms with Gasteiger partial charge in [-0.3, -0.25) is 0 Å². The Hall–Kier alpha value is -3.48. The van der Waals surface area contributed by atoms with Crippen LogP contribution in [0.1, 0.15) is 11.1 Å². The van der Waals surface area contributed by atoms with Crippen molar-refractivity contribution in [2.45, 2.75) is 6.61 Å². The summed E-state index contributed by atoms with van der Waals surface area (Å²) in [6.07, 6.45) is 1.49. The molecule has 0 atom stereocenters. The van der Waals surface area contributed by atoms with Crippen molar-refractivity contribution in [3.05, 3.63) is 89.6 Å². The molecule has 0 fully saturated rings. The first-order chi connectivity index (χ1) is 12.6. The standard InChI is InChI=1S/C19H15F2N3O2/c20-15-4-1-13(2-5-15)12-25-24-19(22)14-3-10-18(23-11-14)26-17-8-6-16(21)7-9-17/h1-11H,12H2,(H2,22,24). The zero-order chi connectivity index (χ0) is 18.4. The second-order valence-corrected chi connectivity index (χ2v) is 5.32. The number of hydrogen-bond acceptors (Lipinski definition) is 4. The first-order valence-electron chi connectivity index (χ1n) is 7.70. The van der Waals surface area contributed by atoms with Gasteiger partial charge in [0.2, 0.25) is 5.88 Å². The molecule has 0 radical (unpaired) electrons. The van der Waals surface area contributed by atoms with Gasteiger partial charge in [-0.05, 0) is 48.0 Å². The minimum absolute atomic E-state index is 0.146. The lowest BCUT2D eigenvalue weighted by molar-refractivity contribution is 0.130. The molecular weight excluding hydrogens is 340 g/mol. The minimum Gasteiger partial charge on any atom is -0.439 e. The Morgan fingerprint density at radius 3 is 2.19 bits per heavy atom. The van der Waals surface area contributed by atoms with Gasteiger partial charge in [-0.2, -0.15) is 0 Å². The van der Waals surface area contributed by atoms with Crippen molar-refractivity contribution in [3.8, 4) is 11.6 Å². The number of halogens is 2. The van der Waals surface area contributed by atoms with Crippen LogP contribution in [0.25, 0.3) is 0 Å². The summed E-state index contributed by atoms with van der Waals surface area (Å²) in [5.74, 6) is 0.292. The zero-order valence-corrected chi connectivity index (χ0v) is 13.6. The second-order valence-electron chi connectivity index (χ2n) is 5.32. The highest BCUT2D eigenvalue weighted by Crippen LogP contribution is 2.19. The van der Waals surface area contributed by atoms with E-state index in [1.54, 1.807) is 24.3 Å². The Labute approximate surface area is 148 Å². The number of nitrogens with zero attached hydrogens (tertiary/aromatic N) is 2. The molecule has 0 aliphatic rings. The molecule has 5 nitrogen and oxygen atoms in total. The molecule has 132 valence electrons. The fraction of sp³-hybridized carbons (Fsp3) is 0.0526. The largest absolute Gasteiger partial charge is 0.439 e. The lowest BCUT2D eigenvalue weighted by Gasteiger charge is -2.06. The van der Waals surface area contributed by atoms with E-state index in [1.807, 2.05) is 0 Å². The van der Waals surface area contributed by atoms with Crippen molar-refractivity contribution in [2.24, 2.45) is 10.9 Å². The quantitative estimate of drug-likeness (QED) is 0.412. The highest BCUT2D eigenvalue weighted by molar-refractivity contribution is 5.96. The average molecular weight is 355 g/mol. The smallest absolute Gasteiger partial charge is 0.219 e. The summed E-state index contributed by atoms with van der Waals surface area (Å²) in [7, 11) is 0. The Balaban J connectivity index is 1.58. The number of rotatable bonds is 6. The van der Waals surface area contributed by atoms with E-state index in [0.29, 0.717) is 17.2 Å². The molecule has 0 unspecified atom stereocenters. The maximum absolute atomic E-state index is 12.9. The fourth-order valence-electron chi connectivity index (χ4n) is 2.03. The van der Waals surface area contributed by atoms with Crippen LogP contribution in [0.4, 0.5) is 8.78 Å². The summed E-state index contributed by atoms with van der Waals surface area (Å²) in [6.45, 7) is 0.167. The molecule has 0 amide bonds. The van der Waals surface area contributed by atoms with Crippen LogP contribution < -0.4 is 10.5 Å². The van der Waals surface area contributed by atoms with Crippen LogP contribution in [0, 0.1) is 11.6 Å². The number of oxime groups is 1. The fourth-order valence-corrected chi connectivity index (χ4v) is 2.03. The summed E-state index contributed by atoms with van der Waals surface area (Å²) in [4.78, 5) is 9.28. The van der Waals surface area contributed by atoms with Crippen molar-refractivity contribution in [1.29, 1.82) is 0 Å². The third kappa shape index (κ3) is 4.76. The number of nitrogens with two attached hydrogens (primary N) is 1. The monoisotopic (exact) mass is 355 g/mol. The van der Waals surface area contributed by atoms with E-state index in [9.17, 15) is 8.78 Å². The third-order valence-electron chi connectivity index (χ3n) is 3.38. The van der Waals surface area contributed by atoms with Gasteiger partial charge < -0.3 is 15.3 Å². The number of benzene rings is 2. The molecule has 0 bridgehead atoms. The zero-order valence-electron chi connectivity index (χ0n) is 13.6. The van der Waals surface area contributed by atoms with E-state index >= 15 is 0 Å². The normalized spacial score (nSPS) is 11.2. The van der Waals surface area contributed by atoms with Crippen LogP contribution >= 0.6 is 0 Å². The van der Waals surface area contributed by atoms with Gasteiger partial charge in [-0.15, -0.1) is 0 Å². The van der Waals surface area contributed by atoms with Gasteiger partial charge in [-0.25, -0.2) is 13.8 Å². The van der Waals surface area contributed by atoms with Gasteiger partial charge in [0, 0.05) is 17.8 Å². The second kappa shape index (κ2) is 8.06. The van der Waals surface area contributed by atoms with Crippen LogP contribution in [-0.2, 0) is 11.4 Å². The first-order valence-corrected chi connectivity index (χ1v) is 7.70. The van der Waals surface area contributed by atoms with Gasteiger partial charge in [0.15, 0.2) is 5.84 Å². The lowest BCUT2D eigenvalue weighted by atomic mass is 10.2. The predicted octanol–water partition coefficient (Wildman–Crippen LogP) is 3.99. The highest BCUT2D eigenvalue weighted by Gasteiger charge is 2.03. The molecule has 0 spiro atoms. The van der Waals surface area contributed by atoms with E-state index in [2.05, 4.69) is 10.1 Å². The molecule has 7 heteroatoms. The summed E-state index contributed by atoms with van der Waals surface area (Å²) < 4.78 is 31.2. The molecule has 0 saturated carbocycles. The maximum Gasteiger partial charge on any atom is 0.219 e. The van der Waals surface area contributed by atoms with Gasteiger partial charge in [-0.1, -0.05) is 17.3 Å². The molecule has 3 aromatic rings. The summed E-state index contributed by atoms with van der Waals surface area (Å²) in [6, 6.07) is 14.8. The topological polar surface area (TPSA) is 69.7 Å². The van der Waals surface area contributed by atoms with Crippen LogP contribution in [-0.4, -0.2) is 10.8 Å². The molecule has 2 aromatic carbocycles.